The van der Waals surface area contributed by atoms with Crippen LogP contribution in [0.2, 0.25) is 5.02 Å². The summed E-state index contributed by atoms with van der Waals surface area (Å²) in [5.41, 5.74) is 3.13. The first-order valence-corrected chi connectivity index (χ1v) is 8.70. The smallest absolute Gasteiger partial charge is 0.137 e. The topological polar surface area (TPSA) is 53.6 Å². The molecule has 0 saturated heterocycles. The number of fused-ring (bicyclic) bond motifs is 1. The van der Waals surface area contributed by atoms with E-state index in [-0.39, 0.29) is 12.1 Å². The lowest BCUT2D eigenvalue weighted by Crippen LogP contribution is -2.04. The molecule has 7 heteroatoms. The number of benzene rings is 1. The third-order valence-electron chi connectivity index (χ3n) is 4.27. The van der Waals surface area contributed by atoms with E-state index < -0.39 is 11.6 Å². The van der Waals surface area contributed by atoms with Crippen LogP contribution in [-0.2, 0) is 13.0 Å². The predicted octanol–water partition coefficient (Wildman–Crippen LogP) is 5.09. The summed E-state index contributed by atoms with van der Waals surface area (Å²) in [4.78, 5) is 11.7. The monoisotopic (exact) mass is 384 g/mol. The van der Waals surface area contributed by atoms with Crippen molar-refractivity contribution < 1.29 is 8.78 Å². The molecule has 3 heterocycles. The number of halogens is 3. The second-order valence-electron chi connectivity index (χ2n) is 6.18. The fourth-order valence-corrected chi connectivity index (χ4v) is 3.05. The highest BCUT2D eigenvalue weighted by molar-refractivity contribution is 6.31. The Kier molecular flexibility index (Phi) is 4.73. The minimum Gasteiger partial charge on any atom is -0.366 e. The summed E-state index contributed by atoms with van der Waals surface area (Å²) in [5.74, 6) is -0.331. The molecule has 27 heavy (non-hydrogen) atoms. The molecule has 0 radical (unpaired) electrons. The largest absolute Gasteiger partial charge is 0.366 e. The van der Waals surface area contributed by atoms with Crippen molar-refractivity contribution in [3.05, 3.63) is 88.3 Å². The lowest BCUT2D eigenvalue weighted by Gasteiger charge is -2.08. The van der Waals surface area contributed by atoms with Gasteiger partial charge in [0.1, 0.15) is 23.1 Å². The molecule has 0 aliphatic carbocycles. The van der Waals surface area contributed by atoms with Gasteiger partial charge in [0.2, 0.25) is 0 Å². The first kappa shape index (κ1) is 17.4. The zero-order chi connectivity index (χ0) is 18.8. The van der Waals surface area contributed by atoms with Gasteiger partial charge in [-0.2, -0.15) is 0 Å². The minimum absolute atomic E-state index is 0.155. The number of nitrogens with one attached hydrogen (secondary N) is 2. The second kappa shape index (κ2) is 7.32. The number of aromatic amines is 1. The number of rotatable bonds is 5. The predicted molar refractivity (Wildman–Crippen MR) is 102 cm³/mol. The molecule has 3 aromatic heterocycles. The van der Waals surface area contributed by atoms with Crippen molar-refractivity contribution in [2.75, 3.05) is 5.32 Å². The van der Waals surface area contributed by atoms with E-state index in [4.69, 9.17) is 11.6 Å². The van der Waals surface area contributed by atoms with Gasteiger partial charge in [-0.1, -0.05) is 17.7 Å². The van der Waals surface area contributed by atoms with Gasteiger partial charge in [-0.15, -0.1) is 0 Å². The summed E-state index contributed by atoms with van der Waals surface area (Å²) in [7, 11) is 0. The molecule has 4 nitrogen and oxygen atoms in total. The molecular weight excluding hydrogens is 370 g/mol. The van der Waals surface area contributed by atoms with E-state index in [1.165, 1.54) is 6.07 Å². The molecule has 0 atom stereocenters. The fourth-order valence-electron chi connectivity index (χ4n) is 2.90. The molecule has 1 aromatic carbocycles. The maximum absolute atomic E-state index is 13.7. The summed E-state index contributed by atoms with van der Waals surface area (Å²) in [5, 5.41) is 4.57. The van der Waals surface area contributed by atoms with E-state index in [9.17, 15) is 8.78 Å². The van der Waals surface area contributed by atoms with Crippen LogP contribution in [0.5, 0.6) is 0 Å². The molecule has 2 N–H and O–H groups in total. The summed E-state index contributed by atoms with van der Waals surface area (Å²) < 4.78 is 26.9. The van der Waals surface area contributed by atoms with E-state index in [0.29, 0.717) is 17.3 Å². The molecule has 0 spiro atoms. The summed E-state index contributed by atoms with van der Waals surface area (Å²) in [6.45, 7) is 0.155. The van der Waals surface area contributed by atoms with Crippen molar-refractivity contribution in [3.63, 3.8) is 0 Å². The van der Waals surface area contributed by atoms with E-state index >= 15 is 0 Å². The fraction of sp³-hybridized carbons (Fsp3) is 0.100. The third kappa shape index (κ3) is 3.90. The molecule has 0 amide bonds. The molecule has 0 saturated carbocycles. The van der Waals surface area contributed by atoms with Gasteiger partial charge in [0.15, 0.2) is 0 Å². The van der Waals surface area contributed by atoms with Crippen LogP contribution >= 0.6 is 11.6 Å². The zero-order valence-electron chi connectivity index (χ0n) is 14.1. The van der Waals surface area contributed by atoms with Gasteiger partial charge in [0.25, 0.3) is 0 Å². The maximum atomic E-state index is 13.7. The summed E-state index contributed by atoms with van der Waals surface area (Å²) >= 11 is 6.03. The standard InChI is InChI=1S/C20H15ClF2N4/c21-15-7-17-13(9-26-20(17)27-11-15)5-12-1-4-19(24-8-12)25-10-14-6-16(22)2-3-18(14)23/h1-4,6-9,11H,5,10H2,(H,24,25)(H,26,27). The van der Waals surface area contributed by atoms with Crippen LogP contribution in [0.15, 0.2) is 55.0 Å². The van der Waals surface area contributed by atoms with Crippen molar-refractivity contribution in [3.8, 4) is 0 Å². The molecule has 0 fully saturated rings. The van der Waals surface area contributed by atoms with E-state index in [0.717, 1.165) is 34.3 Å². The van der Waals surface area contributed by atoms with Crippen molar-refractivity contribution in [1.82, 2.24) is 15.0 Å². The van der Waals surface area contributed by atoms with Crippen LogP contribution in [0.1, 0.15) is 16.7 Å². The van der Waals surface area contributed by atoms with Gasteiger partial charge >= 0.3 is 0 Å². The molecule has 0 unspecified atom stereocenters. The molecule has 4 aromatic rings. The molecule has 0 aliphatic rings. The average Bonchev–Trinajstić information content (AvgIpc) is 3.05. The number of nitrogens with zero attached hydrogens (tertiary/aromatic N) is 2. The first-order valence-electron chi connectivity index (χ1n) is 8.33. The lowest BCUT2D eigenvalue weighted by molar-refractivity contribution is 0.587. The Balaban J connectivity index is 1.45. The number of pyridine rings is 2. The Morgan fingerprint density at radius 3 is 2.70 bits per heavy atom. The molecule has 136 valence electrons. The van der Waals surface area contributed by atoms with E-state index in [1.54, 1.807) is 12.4 Å². The van der Waals surface area contributed by atoms with Crippen LogP contribution < -0.4 is 5.32 Å². The highest BCUT2D eigenvalue weighted by Gasteiger charge is 2.08. The van der Waals surface area contributed by atoms with Crippen LogP contribution in [0.4, 0.5) is 14.6 Å². The van der Waals surface area contributed by atoms with Crippen molar-refractivity contribution in [2.45, 2.75) is 13.0 Å². The molecule has 0 bridgehead atoms. The SMILES string of the molecule is Fc1ccc(F)c(CNc2ccc(Cc3c[nH]c4ncc(Cl)cc34)cn2)c1. The highest BCUT2D eigenvalue weighted by Crippen LogP contribution is 2.23. The van der Waals surface area contributed by atoms with Gasteiger partial charge in [0, 0.05) is 42.5 Å². The number of aromatic nitrogens is 3. The average molecular weight is 385 g/mol. The Hall–Kier alpha value is -2.99. The summed E-state index contributed by atoms with van der Waals surface area (Å²) in [6.07, 6.45) is 5.94. The minimum atomic E-state index is -0.468. The zero-order valence-corrected chi connectivity index (χ0v) is 14.9. The Labute approximate surface area is 159 Å². The van der Waals surface area contributed by atoms with Crippen molar-refractivity contribution in [1.29, 1.82) is 0 Å². The van der Waals surface area contributed by atoms with Crippen LogP contribution in [0, 0.1) is 11.6 Å². The Morgan fingerprint density at radius 2 is 1.89 bits per heavy atom. The maximum Gasteiger partial charge on any atom is 0.137 e. The van der Waals surface area contributed by atoms with E-state index in [2.05, 4.69) is 20.3 Å². The van der Waals surface area contributed by atoms with Crippen LogP contribution in [-0.4, -0.2) is 15.0 Å². The number of H-pyrrole nitrogens is 1. The first-order chi connectivity index (χ1) is 13.1. The molecule has 4 rings (SSSR count). The molecule has 0 aliphatic heterocycles. The van der Waals surface area contributed by atoms with Gasteiger partial charge in [-0.3, -0.25) is 0 Å². The highest BCUT2D eigenvalue weighted by atomic mass is 35.5. The Bertz CT molecular complexity index is 1090. The number of hydrogen-bond acceptors (Lipinski definition) is 3. The van der Waals surface area contributed by atoms with Crippen LogP contribution in [0.25, 0.3) is 11.0 Å². The Morgan fingerprint density at radius 1 is 1.00 bits per heavy atom. The van der Waals surface area contributed by atoms with E-state index in [1.807, 2.05) is 24.4 Å². The molecular formula is C20H15ClF2N4. The van der Waals surface area contributed by atoms with Crippen molar-refractivity contribution >= 4 is 28.5 Å². The number of anilines is 1. The third-order valence-corrected chi connectivity index (χ3v) is 4.48. The normalized spacial score (nSPS) is 11.1. The summed E-state index contributed by atoms with van der Waals surface area (Å²) in [6, 6.07) is 9.02. The lowest BCUT2D eigenvalue weighted by atomic mass is 10.1. The quantitative estimate of drug-likeness (QED) is 0.503. The van der Waals surface area contributed by atoms with Gasteiger partial charge < -0.3 is 10.3 Å². The van der Waals surface area contributed by atoms with Gasteiger partial charge in [-0.25, -0.2) is 18.7 Å². The number of hydrogen-bond donors (Lipinski definition) is 2. The van der Waals surface area contributed by atoms with Gasteiger partial charge in [-0.05, 0) is 41.5 Å². The van der Waals surface area contributed by atoms with Crippen molar-refractivity contribution in [2.24, 2.45) is 0 Å². The van der Waals surface area contributed by atoms with Crippen LogP contribution in [0.3, 0.4) is 0 Å². The van der Waals surface area contributed by atoms with Gasteiger partial charge in [0.05, 0.1) is 5.02 Å². The second-order valence-corrected chi connectivity index (χ2v) is 6.62.